The van der Waals surface area contributed by atoms with Gasteiger partial charge in [0.25, 0.3) is 0 Å². The van der Waals surface area contributed by atoms with Gasteiger partial charge < -0.3 is 25.2 Å². The molecule has 0 aliphatic carbocycles. The molecule has 0 bridgehead atoms. The van der Waals surface area contributed by atoms with E-state index in [0.717, 1.165) is 49.4 Å². The maximum atomic E-state index is 12.3. The predicted molar refractivity (Wildman–Crippen MR) is 157 cm³/mol. The quantitative estimate of drug-likeness (QED) is 0.326. The Kier molecular flexibility index (Phi) is 8.15. The van der Waals surface area contributed by atoms with Gasteiger partial charge in [0.15, 0.2) is 5.82 Å². The van der Waals surface area contributed by atoms with Crippen LogP contribution in [0.25, 0.3) is 0 Å². The van der Waals surface area contributed by atoms with Crippen molar-refractivity contribution < 1.29 is 14.4 Å². The van der Waals surface area contributed by atoms with Crippen LogP contribution in [0.15, 0.2) is 61.4 Å². The van der Waals surface area contributed by atoms with Gasteiger partial charge >= 0.3 is 0 Å². The summed E-state index contributed by atoms with van der Waals surface area (Å²) in [5.74, 6) is 4.18. The lowest BCUT2D eigenvalue weighted by Crippen LogP contribution is -2.44. The van der Waals surface area contributed by atoms with Crippen LogP contribution in [0.5, 0.6) is 5.75 Å². The summed E-state index contributed by atoms with van der Waals surface area (Å²) < 4.78 is 5.76. The second-order valence-corrected chi connectivity index (χ2v) is 9.67. The third kappa shape index (κ3) is 5.86. The number of ether oxygens (including phenoxy) is 1. The van der Waals surface area contributed by atoms with Crippen molar-refractivity contribution in [1.82, 2.24) is 14.9 Å². The van der Waals surface area contributed by atoms with Gasteiger partial charge in [-0.05, 0) is 36.9 Å². The maximum Gasteiger partial charge on any atom is 0.247 e. The molecule has 2 aromatic carbocycles. The lowest BCUT2D eigenvalue weighted by Gasteiger charge is -2.35. The summed E-state index contributed by atoms with van der Waals surface area (Å²) in [5.41, 5.74) is 4.07. The molecule has 3 heterocycles. The minimum Gasteiger partial charge on any atom is -0.494 e. The van der Waals surface area contributed by atoms with Crippen LogP contribution in [0.3, 0.4) is 0 Å². The third-order valence-electron chi connectivity index (χ3n) is 7.09. The second-order valence-electron chi connectivity index (χ2n) is 9.67. The molecule has 2 aliphatic heterocycles. The van der Waals surface area contributed by atoms with Gasteiger partial charge in [-0.25, -0.2) is 15.0 Å². The Balaban J connectivity index is 1.44. The molecule has 2 aliphatic rings. The Hall–Kier alpha value is -4.59. The topological polar surface area (TPSA) is 95.1 Å². The Bertz CT molecular complexity index is 1430. The standard InChI is InChI=1S/C30H33N7O3/c1-5-21-8-7-9-22(16-21)25-10-15-40-37(25)29-19-28(31-20-32-29)33-24-17-23(34-30(38)6-2)26(18-27(24)39-4)36-13-11-35(3)12-14-36/h1,6-9,16-20,25H,2,10-15H2,3-4H3,(H,34,38)(H,31,32,33)/t25-/m1/s1. The number of nitrogens with one attached hydrogen (secondary N) is 2. The van der Waals surface area contributed by atoms with Crippen molar-refractivity contribution in [3.05, 3.63) is 72.6 Å². The van der Waals surface area contributed by atoms with Crippen LogP contribution in [0.1, 0.15) is 23.6 Å². The van der Waals surface area contributed by atoms with E-state index < -0.39 is 0 Å². The maximum absolute atomic E-state index is 12.3. The third-order valence-corrected chi connectivity index (χ3v) is 7.09. The number of amides is 1. The molecule has 1 atom stereocenters. The zero-order valence-electron chi connectivity index (χ0n) is 22.8. The summed E-state index contributed by atoms with van der Waals surface area (Å²) in [4.78, 5) is 31.7. The fourth-order valence-corrected chi connectivity index (χ4v) is 4.94. The molecule has 0 saturated carbocycles. The van der Waals surface area contributed by atoms with Crippen LogP contribution in [-0.4, -0.2) is 67.7 Å². The van der Waals surface area contributed by atoms with Crippen LogP contribution in [0.2, 0.25) is 0 Å². The van der Waals surface area contributed by atoms with Gasteiger partial charge in [0.05, 0.1) is 36.8 Å². The number of benzene rings is 2. The number of piperazine rings is 1. The smallest absolute Gasteiger partial charge is 0.247 e. The number of likely N-dealkylation sites (N-methyl/N-ethyl adjacent to an activating group) is 1. The largest absolute Gasteiger partial charge is 0.494 e. The molecule has 1 amide bonds. The molecule has 40 heavy (non-hydrogen) atoms. The van der Waals surface area contributed by atoms with E-state index in [1.807, 2.05) is 42.5 Å². The lowest BCUT2D eigenvalue weighted by atomic mass is 10.0. The summed E-state index contributed by atoms with van der Waals surface area (Å²) >= 11 is 0. The molecule has 2 N–H and O–H groups in total. The van der Waals surface area contributed by atoms with Crippen LogP contribution in [0, 0.1) is 12.3 Å². The summed E-state index contributed by atoms with van der Waals surface area (Å²) in [5, 5.41) is 8.09. The number of hydrogen-bond donors (Lipinski definition) is 2. The monoisotopic (exact) mass is 539 g/mol. The highest BCUT2D eigenvalue weighted by Gasteiger charge is 2.29. The van der Waals surface area contributed by atoms with E-state index in [1.165, 1.54) is 12.4 Å². The van der Waals surface area contributed by atoms with Gasteiger partial charge in [-0.1, -0.05) is 24.6 Å². The molecule has 2 saturated heterocycles. The van der Waals surface area contributed by atoms with E-state index in [0.29, 0.717) is 35.4 Å². The van der Waals surface area contributed by atoms with Crippen molar-refractivity contribution in [3.63, 3.8) is 0 Å². The normalized spacial score (nSPS) is 17.3. The van der Waals surface area contributed by atoms with Crippen molar-refractivity contribution in [2.24, 2.45) is 0 Å². The lowest BCUT2D eigenvalue weighted by molar-refractivity contribution is -0.111. The highest BCUT2D eigenvalue weighted by molar-refractivity contribution is 6.02. The van der Waals surface area contributed by atoms with E-state index >= 15 is 0 Å². The van der Waals surface area contributed by atoms with E-state index in [9.17, 15) is 4.79 Å². The number of aromatic nitrogens is 2. The van der Waals surface area contributed by atoms with Crippen molar-refractivity contribution in [2.45, 2.75) is 12.5 Å². The minimum absolute atomic E-state index is 0.0332. The Labute approximate surface area is 234 Å². The van der Waals surface area contributed by atoms with E-state index in [4.69, 9.17) is 16.0 Å². The summed E-state index contributed by atoms with van der Waals surface area (Å²) in [6.45, 7) is 7.68. The van der Waals surface area contributed by atoms with Gasteiger partial charge in [0, 0.05) is 50.3 Å². The van der Waals surface area contributed by atoms with Crippen molar-refractivity contribution in [3.8, 4) is 18.1 Å². The van der Waals surface area contributed by atoms with E-state index in [1.54, 1.807) is 12.2 Å². The molecule has 10 heteroatoms. The van der Waals surface area contributed by atoms with Gasteiger partial charge in [-0.15, -0.1) is 6.42 Å². The first-order valence-corrected chi connectivity index (χ1v) is 13.2. The molecule has 1 aromatic heterocycles. The van der Waals surface area contributed by atoms with Gasteiger partial charge in [-0.3, -0.25) is 9.63 Å². The molecular formula is C30H33N7O3. The first-order chi connectivity index (χ1) is 19.5. The van der Waals surface area contributed by atoms with Crippen LogP contribution in [-0.2, 0) is 9.63 Å². The SMILES string of the molecule is C#Cc1cccc([C@H]2CCON2c2cc(Nc3cc(NC(=O)C=C)c(N4CCN(C)CC4)cc3OC)ncn2)c1. The van der Waals surface area contributed by atoms with Crippen LogP contribution in [0.4, 0.5) is 28.7 Å². The van der Waals surface area contributed by atoms with Gasteiger partial charge in [0.2, 0.25) is 5.91 Å². The number of methoxy groups -OCH3 is 1. The molecular weight excluding hydrogens is 506 g/mol. The number of hydroxylamine groups is 1. The summed E-state index contributed by atoms with van der Waals surface area (Å²) in [7, 11) is 3.72. The van der Waals surface area contributed by atoms with Gasteiger partial charge in [-0.2, -0.15) is 0 Å². The molecule has 5 rings (SSSR count). The van der Waals surface area contributed by atoms with Crippen LogP contribution < -0.4 is 25.3 Å². The Morgan fingerprint density at radius 1 is 1.18 bits per heavy atom. The average molecular weight is 540 g/mol. The highest BCUT2D eigenvalue weighted by atomic mass is 16.7. The van der Waals surface area contributed by atoms with Crippen molar-refractivity contribution >= 4 is 34.6 Å². The zero-order chi connectivity index (χ0) is 28.1. The van der Waals surface area contributed by atoms with Crippen LogP contribution >= 0.6 is 0 Å². The highest BCUT2D eigenvalue weighted by Crippen LogP contribution is 2.40. The first-order valence-electron chi connectivity index (χ1n) is 13.2. The number of anilines is 5. The average Bonchev–Trinajstić information content (AvgIpc) is 3.48. The number of carbonyl (C=O) groups excluding carboxylic acids is 1. The minimum atomic E-state index is -0.290. The first kappa shape index (κ1) is 27.0. The van der Waals surface area contributed by atoms with Gasteiger partial charge in [0.1, 0.15) is 17.9 Å². The fourth-order valence-electron chi connectivity index (χ4n) is 4.94. The molecule has 2 fully saturated rings. The number of terminal acetylenes is 1. The molecule has 206 valence electrons. The summed E-state index contributed by atoms with van der Waals surface area (Å²) in [6.07, 6.45) is 9.16. The fraction of sp³-hybridized carbons (Fsp3) is 0.300. The zero-order valence-corrected chi connectivity index (χ0v) is 22.8. The number of nitrogens with zero attached hydrogens (tertiary/aromatic N) is 5. The predicted octanol–water partition coefficient (Wildman–Crippen LogP) is 3.97. The number of carbonyl (C=O) groups is 1. The number of hydrogen-bond acceptors (Lipinski definition) is 9. The second kappa shape index (κ2) is 12.1. The van der Waals surface area contributed by atoms with Crippen molar-refractivity contribution in [1.29, 1.82) is 0 Å². The molecule has 10 nitrogen and oxygen atoms in total. The summed E-state index contributed by atoms with van der Waals surface area (Å²) in [6, 6.07) is 13.5. The molecule has 3 aromatic rings. The van der Waals surface area contributed by atoms with E-state index in [-0.39, 0.29) is 11.9 Å². The number of rotatable bonds is 8. The molecule has 0 radical (unpaired) electrons. The van der Waals surface area contributed by atoms with E-state index in [2.05, 4.69) is 49.9 Å². The van der Waals surface area contributed by atoms with Crippen molar-refractivity contribution in [2.75, 3.05) is 67.5 Å². The Morgan fingerprint density at radius 3 is 2.75 bits per heavy atom. The molecule has 0 unspecified atom stereocenters. The molecule has 0 spiro atoms. The Morgan fingerprint density at radius 2 is 2.00 bits per heavy atom.